The Bertz CT molecular complexity index is 361. The van der Waals surface area contributed by atoms with Gasteiger partial charge in [0.1, 0.15) is 0 Å². The largest absolute Gasteiger partial charge is 0.370 e. The highest BCUT2D eigenvalue weighted by atomic mass is 35.5. The van der Waals surface area contributed by atoms with Crippen LogP contribution in [-0.4, -0.2) is 10.9 Å². The van der Waals surface area contributed by atoms with Crippen LogP contribution in [0.2, 0.25) is 0 Å². The molecule has 0 aliphatic rings. The molecule has 0 aliphatic heterocycles. The van der Waals surface area contributed by atoms with Gasteiger partial charge in [0.2, 0.25) is 0 Å². The zero-order chi connectivity index (χ0) is 10.4. The maximum atomic E-state index is 6.06. The zero-order valence-corrected chi connectivity index (χ0v) is 8.87. The van der Waals surface area contributed by atoms with Crippen LogP contribution in [-0.2, 0) is 0 Å². The van der Waals surface area contributed by atoms with Gasteiger partial charge in [-0.1, -0.05) is 24.3 Å². The average Bonchev–Trinajstić information content (AvgIpc) is 2.17. The Morgan fingerprint density at radius 3 is 2.20 bits per heavy atom. The lowest BCUT2D eigenvalue weighted by Gasteiger charge is -1.91. The quantitative estimate of drug-likeness (QED) is 0.468. The minimum atomic E-state index is -0.333. The number of guanidine groups is 1. The Morgan fingerprint density at radius 1 is 1.07 bits per heavy atom. The standard InChI is InChI=1S/C9H7N.CH5N3.ClH/c1-2-6-9-8(4-1)5-3-7-10-9;2-1(3)4;/h1-7H;(H5,2,3,4);1H. The number of benzene rings is 1. The topological polar surface area (TPSA) is 88.8 Å². The van der Waals surface area contributed by atoms with Crippen molar-refractivity contribution in [1.82, 2.24) is 4.98 Å². The third-order valence-corrected chi connectivity index (χ3v) is 1.51. The summed E-state index contributed by atoms with van der Waals surface area (Å²) in [6.07, 6.45) is 1.81. The van der Waals surface area contributed by atoms with E-state index in [-0.39, 0.29) is 18.4 Å². The summed E-state index contributed by atoms with van der Waals surface area (Å²) >= 11 is 0. The van der Waals surface area contributed by atoms with Crippen LogP contribution in [0, 0.1) is 5.41 Å². The third-order valence-electron chi connectivity index (χ3n) is 1.51. The molecule has 0 saturated carbocycles. The molecule has 80 valence electrons. The number of nitrogens with one attached hydrogen (secondary N) is 1. The number of hydrogen-bond acceptors (Lipinski definition) is 2. The van der Waals surface area contributed by atoms with Crippen LogP contribution in [0.25, 0.3) is 10.9 Å². The fourth-order valence-corrected chi connectivity index (χ4v) is 1.02. The number of aromatic nitrogens is 1. The second-order valence-electron chi connectivity index (χ2n) is 2.65. The molecular weight excluding hydrogens is 212 g/mol. The molecule has 0 saturated heterocycles. The van der Waals surface area contributed by atoms with Crippen molar-refractivity contribution in [2.24, 2.45) is 11.5 Å². The third kappa shape index (κ3) is 4.83. The Hall–Kier alpha value is -1.81. The highest BCUT2D eigenvalue weighted by molar-refractivity contribution is 5.85. The van der Waals surface area contributed by atoms with Gasteiger partial charge in [0.25, 0.3) is 0 Å². The second-order valence-corrected chi connectivity index (χ2v) is 2.65. The van der Waals surface area contributed by atoms with Crippen molar-refractivity contribution >= 4 is 29.3 Å². The summed E-state index contributed by atoms with van der Waals surface area (Å²) < 4.78 is 0. The fourth-order valence-electron chi connectivity index (χ4n) is 1.02. The van der Waals surface area contributed by atoms with Crippen LogP contribution >= 0.6 is 12.4 Å². The zero-order valence-electron chi connectivity index (χ0n) is 8.05. The number of rotatable bonds is 0. The first-order valence-corrected chi connectivity index (χ1v) is 4.09. The van der Waals surface area contributed by atoms with E-state index >= 15 is 0 Å². The second kappa shape index (κ2) is 6.62. The summed E-state index contributed by atoms with van der Waals surface area (Å²) in [5.74, 6) is -0.333. The first-order chi connectivity index (χ1) is 6.70. The Labute approximate surface area is 94.2 Å². The minimum Gasteiger partial charge on any atom is -0.370 e. The monoisotopic (exact) mass is 224 g/mol. The normalized spacial score (nSPS) is 8.27. The van der Waals surface area contributed by atoms with Crippen LogP contribution in [0.3, 0.4) is 0 Å². The van der Waals surface area contributed by atoms with Crippen molar-refractivity contribution in [1.29, 1.82) is 5.41 Å². The summed E-state index contributed by atoms with van der Waals surface area (Å²) in [6, 6.07) is 12.1. The van der Waals surface area contributed by atoms with Gasteiger partial charge in [0.05, 0.1) is 5.52 Å². The van der Waals surface area contributed by atoms with Gasteiger partial charge in [0, 0.05) is 11.6 Å². The maximum absolute atomic E-state index is 6.06. The van der Waals surface area contributed by atoms with Gasteiger partial charge in [-0.15, -0.1) is 12.4 Å². The Balaban J connectivity index is 0.000000346. The van der Waals surface area contributed by atoms with E-state index in [1.807, 2.05) is 30.5 Å². The lowest BCUT2D eigenvalue weighted by Crippen LogP contribution is -2.20. The van der Waals surface area contributed by atoms with E-state index in [2.05, 4.69) is 28.6 Å². The van der Waals surface area contributed by atoms with E-state index < -0.39 is 0 Å². The van der Waals surface area contributed by atoms with Gasteiger partial charge >= 0.3 is 0 Å². The van der Waals surface area contributed by atoms with Gasteiger partial charge in [-0.2, -0.15) is 0 Å². The Morgan fingerprint density at radius 2 is 1.60 bits per heavy atom. The molecule has 0 spiro atoms. The van der Waals surface area contributed by atoms with Crippen LogP contribution in [0.1, 0.15) is 0 Å². The number of fused-ring (bicyclic) bond motifs is 1. The number of hydrogen-bond donors (Lipinski definition) is 3. The summed E-state index contributed by atoms with van der Waals surface area (Å²) in [4.78, 5) is 4.18. The molecule has 0 aliphatic carbocycles. The summed E-state index contributed by atoms with van der Waals surface area (Å²) in [5, 5.41) is 7.25. The number of pyridine rings is 1. The van der Waals surface area contributed by atoms with Crippen molar-refractivity contribution < 1.29 is 0 Å². The molecular formula is C10H13ClN4. The van der Waals surface area contributed by atoms with Crippen molar-refractivity contribution in [3.8, 4) is 0 Å². The van der Waals surface area contributed by atoms with Crippen molar-refractivity contribution in [2.75, 3.05) is 0 Å². The maximum Gasteiger partial charge on any atom is 0.183 e. The van der Waals surface area contributed by atoms with E-state index in [0.717, 1.165) is 5.52 Å². The van der Waals surface area contributed by atoms with Crippen LogP contribution in [0.5, 0.6) is 0 Å². The van der Waals surface area contributed by atoms with Crippen LogP contribution in [0.4, 0.5) is 0 Å². The first-order valence-electron chi connectivity index (χ1n) is 4.09. The van der Waals surface area contributed by atoms with Crippen LogP contribution in [0.15, 0.2) is 42.6 Å². The smallest absolute Gasteiger partial charge is 0.183 e. The molecule has 1 heterocycles. The molecule has 0 radical (unpaired) electrons. The number of nitrogens with zero attached hydrogens (tertiary/aromatic N) is 1. The minimum absolute atomic E-state index is 0. The fraction of sp³-hybridized carbons (Fsp3) is 0. The van der Waals surface area contributed by atoms with E-state index in [1.165, 1.54) is 5.39 Å². The summed E-state index contributed by atoms with van der Waals surface area (Å²) in [7, 11) is 0. The van der Waals surface area contributed by atoms with Crippen molar-refractivity contribution in [3.05, 3.63) is 42.6 Å². The first kappa shape index (κ1) is 13.2. The van der Waals surface area contributed by atoms with E-state index in [4.69, 9.17) is 5.41 Å². The lowest BCUT2D eigenvalue weighted by molar-refractivity contribution is 1.39. The molecule has 2 rings (SSSR count). The molecule has 0 amide bonds. The number of halogens is 1. The summed E-state index contributed by atoms with van der Waals surface area (Å²) in [6.45, 7) is 0. The Kier molecular flexibility index (Phi) is 5.82. The molecule has 5 heteroatoms. The summed E-state index contributed by atoms with van der Waals surface area (Å²) in [5.41, 5.74) is 10.0. The molecule has 0 atom stereocenters. The van der Waals surface area contributed by atoms with E-state index in [1.54, 1.807) is 0 Å². The van der Waals surface area contributed by atoms with Crippen LogP contribution < -0.4 is 11.5 Å². The van der Waals surface area contributed by atoms with E-state index in [9.17, 15) is 0 Å². The van der Waals surface area contributed by atoms with Gasteiger partial charge in [-0.3, -0.25) is 10.4 Å². The molecule has 4 nitrogen and oxygen atoms in total. The molecule has 5 N–H and O–H groups in total. The van der Waals surface area contributed by atoms with Gasteiger partial charge < -0.3 is 11.5 Å². The lowest BCUT2D eigenvalue weighted by atomic mass is 10.2. The SMILES string of the molecule is Cl.N=C(N)N.c1ccc2ncccc2c1. The average molecular weight is 225 g/mol. The molecule has 0 fully saturated rings. The van der Waals surface area contributed by atoms with Gasteiger partial charge in [-0.05, 0) is 12.1 Å². The van der Waals surface area contributed by atoms with Gasteiger partial charge in [0.15, 0.2) is 5.96 Å². The predicted octanol–water partition coefficient (Wildman–Crippen LogP) is 1.50. The van der Waals surface area contributed by atoms with Crippen molar-refractivity contribution in [2.45, 2.75) is 0 Å². The predicted molar refractivity (Wildman–Crippen MR) is 65.1 cm³/mol. The molecule has 15 heavy (non-hydrogen) atoms. The highest BCUT2D eigenvalue weighted by Gasteiger charge is 1.86. The molecule has 0 unspecified atom stereocenters. The number of nitrogens with two attached hydrogens (primary N) is 2. The van der Waals surface area contributed by atoms with E-state index in [0.29, 0.717) is 0 Å². The highest BCUT2D eigenvalue weighted by Crippen LogP contribution is 2.07. The number of para-hydroxylation sites is 1. The molecule has 1 aromatic carbocycles. The molecule has 1 aromatic heterocycles. The molecule has 2 aromatic rings. The molecule has 0 bridgehead atoms. The van der Waals surface area contributed by atoms with Crippen molar-refractivity contribution in [3.63, 3.8) is 0 Å². The van der Waals surface area contributed by atoms with Gasteiger partial charge in [-0.25, -0.2) is 0 Å².